The zero-order chi connectivity index (χ0) is 14.8. The number of carbonyl (C=O) groups excluding carboxylic acids is 1. The Kier molecular flexibility index (Phi) is 14.4. The van der Waals surface area contributed by atoms with Gasteiger partial charge >= 0.3 is 0 Å². The highest BCUT2D eigenvalue weighted by Crippen LogP contribution is 2.17. The van der Waals surface area contributed by atoms with E-state index in [1.54, 1.807) is 0 Å². The summed E-state index contributed by atoms with van der Waals surface area (Å²) in [6.45, 7) is 2.69. The van der Waals surface area contributed by atoms with Gasteiger partial charge < -0.3 is 20.3 Å². The summed E-state index contributed by atoms with van der Waals surface area (Å²) in [4.78, 5) is 13.7. The van der Waals surface area contributed by atoms with E-state index in [1.165, 1.54) is 0 Å². The van der Waals surface area contributed by atoms with Crippen molar-refractivity contribution in [2.45, 2.75) is 13.0 Å². The van der Waals surface area contributed by atoms with E-state index >= 15 is 0 Å². The third-order valence-corrected chi connectivity index (χ3v) is 2.85. The van der Waals surface area contributed by atoms with Crippen LogP contribution in [0.3, 0.4) is 0 Å². The largest absolute Gasteiger partial charge is 0.492 e. The van der Waals surface area contributed by atoms with Crippen LogP contribution in [0.2, 0.25) is 0 Å². The van der Waals surface area contributed by atoms with Crippen molar-refractivity contribution in [2.24, 2.45) is 0 Å². The Morgan fingerprint density at radius 2 is 1.91 bits per heavy atom. The molecule has 1 aromatic carbocycles. The van der Waals surface area contributed by atoms with E-state index in [2.05, 4.69) is 15.5 Å². The monoisotopic (exact) mass is 351 g/mol. The number of amides is 1. The minimum atomic E-state index is 0. The van der Waals surface area contributed by atoms with Gasteiger partial charge in [-0.05, 0) is 27.2 Å². The molecule has 0 radical (unpaired) electrons. The van der Waals surface area contributed by atoms with Gasteiger partial charge in [0.05, 0.1) is 0 Å². The normalized spacial score (nSPS) is 9.64. The fourth-order valence-corrected chi connectivity index (χ4v) is 1.65. The summed E-state index contributed by atoms with van der Waals surface area (Å²) in [6.07, 6.45) is 0.486. The quantitative estimate of drug-likeness (QED) is 0.710. The number of nitrogens with zero attached hydrogens (tertiary/aromatic N) is 1. The number of ether oxygens (including phenoxy) is 1. The maximum absolute atomic E-state index is 11.6. The summed E-state index contributed by atoms with van der Waals surface area (Å²) >= 11 is 0. The van der Waals surface area contributed by atoms with Gasteiger partial charge in [-0.2, -0.15) is 0 Å². The average Bonchev–Trinajstić information content (AvgIpc) is 2.43. The number of para-hydroxylation sites is 1. The highest BCUT2D eigenvalue weighted by molar-refractivity contribution is 5.85. The number of rotatable bonds is 9. The summed E-state index contributed by atoms with van der Waals surface area (Å²) in [6, 6.07) is 7.80. The molecule has 0 unspecified atom stereocenters. The highest BCUT2D eigenvalue weighted by Gasteiger charge is 2.05. The Morgan fingerprint density at radius 3 is 2.55 bits per heavy atom. The molecule has 5 nitrogen and oxygen atoms in total. The lowest BCUT2D eigenvalue weighted by molar-refractivity contribution is -0.121. The van der Waals surface area contributed by atoms with Gasteiger partial charge in [-0.3, -0.25) is 4.79 Å². The second-order valence-electron chi connectivity index (χ2n) is 4.89. The number of hydrogen-bond donors (Lipinski definition) is 2. The Hall–Kier alpha value is -1.01. The van der Waals surface area contributed by atoms with E-state index in [4.69, 9.17) is 4.74 Å². The zero-order valence-electron chi connectivity index (χ0n) is 13.4. The summed E-state index contributed by atoms with van der Waals surface area (Å²) in [7, 11) is 5.86. The topological polar surface area (TPSA) is 53.6 Å². The van der Waals surface area contributed by atoms with Crippen molar-refractivity contribution >= 4 is 30.7 Å². The van der Waals surface area contributed by atoms with E-state index in [9.17, 15) is 4.79 Å². The second-order valence-corrected chi connectivity index (χ2v) is 4.89. The van der Waals surface area contributed by atoms with E-state index < -0.39 is 0 Å². The molecule has 1 rings (SSSR count). The fourth-order valence-electron chi connectivity index (χ4n) is 1.65. The van der Waals surface area contributed by atoms with Crippen molar-refractivity contribution in [3.8, 4) is 5.75 Å². The Bertz CT molecular complexity index is 418. The first-order chi connectivity index (χ1) is 9.63. The number of carbonyl (C=O) groups is 1. The van der Waals surface area contributed by atoms with Gasteiger partial charge in [-0.15, -0.1) is 24.8 Å². The average molecular weight is 352 g/mol. The van der Waals surface area contributed by atoms with Crippen molar-refractivity contribution < 1.29 is 9.53 Å². The van der Waals surface area contributed by atoms with Crippen molar-refractivity contribution in [1.29, 1.82) is 0 Å². The molecule has 22 heavy (non-hydrogen) atoms. The van der Waals surface area contributed by atoms with Gasteiger partial charge in [0.25, 0.3) is 0 Å². The van der Waals surface area contributed by atoms with Crippen LogP contribution in [-0.4, -0.2) is 51.6 Å². The van der Waals surface area contributed by atoms with Crippen LogP contribution in [0.15, 0.2) is 24.3 Å². The predicted octanol–water partition coefficient (Wildman–Crippen LogP) is 1.70. The molecule has 128 valence electrons. The highest BCUT2D eigenvalue weighted by atomic mass is 35.5. The molecule has 0 atom stereocenters. The molecule has 0 aliphatic rings. The molecule has 0 aliphatic heterocycles. The number of benzene rings is 1. The predicted molar refractivity (Wildman–Crippen MR) is 95.4 cm³/mol. The van der Waals surface area contributed by atoms with E-state index in [0.29, 0.717) is 26.1 Å². The van der Waals surface area contributed by atoms with Gasteiger partial charge in [-0.25, -0.2) is 0 Å². The third-order valence-electron chi connectivity index (χ3n) is 2.85. The maximum atomic E-state index is 11.6. The first-order valence-corrected chi connectivity index (χ1v) is 6.90. The molecule has 0 fully saturated rings. The molecule has 0 aliphatic carbocycles. The molecule has 0 spiro atoms. The Morgan fingerprint density at radius 1 is 1.23 bits per heavy atom. The minimum Gasteiger partial charge on any atom is -0.492 e. The number of hydrogen-bond acceptors (Lipinski definition) is 4. The second kappa shape index (κ2) is 13.6. The van der Waals surface area contributed by atoms with Crippen LogP contribution in [0.5, 0.6) is 5.75 Å². The molecule has 0 saturated carbocycles. The van der Waals surface area contributed by atoms with E-state index in [1.807, 2.05) is 45.4 Å². The van der Waals surface area contributed by atoms with Crippen molar-refractivity contribution in [3.63, 3.8) is 0 Å². The van der Waals surface area contributed by atoms with Crippen LogP contribution >= 0.6 is 24.8 Å². The Labute approximate surface area is 145 Å². The lowest BCUT2D eigenvalue weighted by Crippen LogP contribution is -2.26. The fraction of sp³-hybridized carbons (Fsp3) is 0.533. The lowest BCUT2D eigenvalue weighted by Gasteiger charge is -2.14. The van der Waals surface area contributed by atoms with Crippen molar-refractivity contribution in [3.05, 3.63) is 29.8 Å². The summed E-state index contributed by atoms with van der Waals surface area (Å²) < 4.78 is 5.76. The standard InChI is InChI=1S/C15H25N3O2.2ClH/c1-16-9-8-15(19)17-12-13-6-4-5-7-14(13)20-11-10-18(2)3;;/h4-7,16H,8-12H2,1-3H3,(H,17,19);2*1H. The molecule has 0 saturated heterocycles. The number of likely N-dealkylation sites (N-methyl/N-ethyl adjacent to an activating group) is 1. The van der Waals surface area contributed by atoms with E-state index in [-0.39, 0.29) is 30.7 Å². The first-order valence-electron chi connectivity index (χ1n) is 6.90. The molecule has 0 aromatic heterocycles. The van der Waals surface area contributed by atoms with Crippen LogP contribution in [0, 0.1) is 0 Å². The maximum Gasteiger partial charge on any atom is 0.221 e. The van der Waals surface area contributed by atoms with Crippen LogP contribution in [0.4, 0.5) is 0 Å². The molecule has 1 amide bonds. The molecular formula is C15H27Cl2N3O2. The van der Waals surface area contributed by atoms with Gasteiger partial charge in [-0.1, -0.05) is 18.2 Å². The number of nitrogens with one attached hydrogen (secondary N) is 2. The van der Waals surface area contributed by atoms with Crippen LogP contribution < -0.4 is 15.4 Å². The molecular weight excluding hydrogens is 325 g/mol. The van der Waals surface area contributed by atoms with E-state index in [0.717, 1.165) is 17.9 Å². The SMILES string of the molecule is CNCCC(=O)NCc1ccccc1OCCN(C)C.Cl.Cl. The molecule has 0 bridgehead atoms. The summed E-state index contributed by atoms with van der Waals surface area (Å²) in [5.74, 6) is 0.880. The third kappa shape index (κ3) is 9.84. The van der Waals surface area contributed by atoms with Crippen molar-refractivity contribution in [2.75, 3.05) is 40.8 Å². The van der Waals surface area contributed by atoms with Gasteiger partial charge in [0, 0.05) is 31.6 Å². The molecule has 1 aromatic rings. The van der Waals surface area contributed by atoms with Gasteiger partial charge in [0.2, 0.25) is 5.91 Å². The summed E-state index contributed by atoms with van der Waals surface area (Å²) in [5.41, 5.74) is 1.00. The molecule has 7 heteroatoms. The lowest BCUT2D eigenvalue weighted by atomic mass is 10.2. The number of halogens is 2. The smallest absolute Gasteiger partial charge is 0.221 e. The minimum absolute atomic E-state index is 0. The molecule has 0 heterocycles. The van der Waals surface area contributed by atoms with Gasteiger partial charge in [0.1, 0.15) is 12.4 Å². The summed E-state index contributed by atoms with van der Waals surface area (Å²) in [5, 5.41) is 5.86. The van der Waals surface area contributed by atoms with Crippen LogP contribution in [0.25, 0.3) is 0 Å². The van der Waals surface area contributed by atoms with Gasteiger partial charge in [0.15, 0.2) is 0 Å². The first kappa shape index (κ1) is 23.3. The molecule has 2 N–H and O–H groups in total. The Balaban J connectivity index is 0. The zero-order valence-corrected chi connectivity index (χ0v) is 15.1. The van der Waals surface area contributed by atoms with Crippen molar-refractivity contribution in [1.82, 2.24) is 15.5 Å². The van der Waals surface area contributed by atoms with Crippen LogP contribution in [0.1, 0.15) is 12.0 Å². The van der Waals surface area contributed by atoms with Crippen LogP contribution in [-0.2, 0) is 11.3 Å².